The Balaban J connectivity index is 2.11. The molecule has 3 aliphatic rings. The van der Waals surface area contributed by atoms with Crippen molar-refractivity contribution in [2.45, 2.75) is 37.5 Å². The number of anilines is 1. The number of hydrogen-bond acceptors (Lipinski definition) is 10. The Labute approximate surface area is 219 Å². The number of likely N-dealkylation sites (N-methyl/N-ethyl adjacent to an activating group) is 1. The minimum atomic E-state index is -2.95. The summed E-state index contributed by atoms with van der Waals surface area (Å²) in [4.78, 5) is 42.7. The van der Waals surface area contributed by atoms with Gasteiger partial charge in [-0.05, 0) is 44.1 Å². The molecule has 11 nitrogen and oxygen atoms in total. The van der Waals surface area contributed by atoms with E-state index in [1.807, 2.05) is 0 Å². The van der Waals surface area contributed by atoms with E-state index in [9.17, 15) is 39.9 Å². The number of hydrogen-bond donors (Lipinski definition) is 6. The SMILES string of the molecule is C=C(C)c1cc(N(C)C)c2c(c1O)C(=O)C1=C(O)[C@]3(O)C(=O)C(C(N)=O)=C(O)[C@@H](N(C)C)[C@@H]3[C@@H](O)[C@@H]1[C@H]2C. The first kappa shape index (κ1) is 27.4. The number of nitrogens with two attached hydrogens (primary N) is 1. The van der Waals surface area contributed by atoms with Gasteiger partial charge in [0, 0.05) is 36.8 Å². The molecule has 0 heterocycles. The molecule has 11 heteroatoms. The lowest BCUT2D eigenvalue weighted by molar-refractivity contribution is -0.162. The van der Waals surface area contributed by atoms with Crippen LogP contribution in [0.15, 0.2) is 35.3 Å². The van der Waals surface area contributed by atoms with Crippen molar-refractivity contribution < 1.29 is 39.9 Å². The molecule has 7 N–H and O–H groups in total. The average Bonchev–Trinajstić information content (AvgIpc) is 2.80. The van der Waals surface area contributed by atoms with Crippen LogP contribution in [0.3, 0.4) is 0 Å². The lowest BCUT2D eigenvalue weighted by atomic mass is 9.55. The number of fused-ring (bicyclic) bond motifs is 3. The van der Waals surface area contributed by atoms with Crippen LogP contribution in [0, 0.1) is 11.8 Å². The monoisotopic (exact) mass is 527 g/mol. The number of Topliss-reactive ketones (excluding diaryl/α,β-unsaturated/α-hetero) is 2. The molecule has 1 aromatic carbocycles. The topological polar surface area (TPSA) is 185 Å². The smallest absolute Gasteiger partial charge is 0.255 e. The van der Waals surface area contributed by atoms with Crippen LogP contribution in [0.2, 0.25) is 0 Å². The number of benzene rings is 1. The number of carbonyl (C=O) groups excluding carboxylic acids is 3. The van der Waals surface area contributed by atoms with Gasteiger partial charge in [-0.1, -0.05) is 13.5 Å². The summed E-state index contributed by atoms with van der Waals surface area (Å²) in [5.41, 5.74) is 2.62. The zero-order valence-corrected chi connectivity index (χ0v) is 22.1. The molecule has 38 heavy (non-hydrogen) atoms. The Morgan fingerprint density at radius 3 is 2.18 bits per heavy atom. The fourth-order valence-electron chi connectivity index (χ4n) is 6.44. The average molecular weight is 528 g/mol. The number of phenolic OH excluding ortho intramolecular Hbond substituents is 1. The molecular weight excluding hydrogens is 494 g/mol. The summed E-state index contributed by atoms with van der Waals surface area (Å²) in [6, 6.07) is 0.371. The van der Waals surface area contributed by atoms with Gasteiger partial charge in [-0.15, -0.1) is 0 Å². The molecule has 1 amide bonds. The van der Waals surface area contributed by atoms with Crippen molar-refractivity contribution in [2.75, 3.05) is 33.1 Å². The van der Waals surface area contributed by atoms with Gasteiger partial charge in [-0.25, -0.2) is 0 Å². The van der Waals surface area contributed by atoms with Crippen molar-refractivity contribution in [3.63, 3.8) is 0 Å². The Morgan fingerprint density at radius 2 is 1.71 bits per heavy atom. The maximum atomic E-state index is 14.0. The Hall–Kier alpha value is -3.67. The molecular formula is C27H33N3O8. The van der Waals surface area contributed by atoms with Gasteiger partial charge in [-0.3, -0.25) is 19.3 Å². The number of nitrogens with zero attached hydrogens (tertiary/aromatic N) is 2. The first-order chi connectivity index (χ1) is 17.5. The molecule has 0 saturated carbocycles. The number of phenols is 1. The molecule has 3 aliphatic carbocycles. The molecule has 0 aliphatic heterocycles. The van der Waals surface area contributed by atoms with E-state index in [4.69, 9.17) is 5.73 Å². The summed E-state index contributed by atoms with van der Waals surface area (Å²) in [6.45, 7) is 7.22. The highest BCUT2D eigenvalue weighted by Crippen LogP contribution is 2.57. The number of allylic oxidation sites excluding steroid dienone is 1. The van der Waals surface area contributed by atoms with E-state index in [2.05, 4.69) is 6.58 Å². The Bertz CT molecular complexity index is 1370. The third-order valence-electron chi connectivity index (χ3n) is 8.15. The molecule has 204 valence electrons. The van der Waals surface area contributed by atoms with Crippen LogP contribution in [0.25, 0.3) is 5.57 Å². The second kappa shape index (κ2) is 8.69. The summed E-state index contributed by atoms with van der Waals surface area (Å²) >= 11 is 0. The highest BCUT2D eigenvalue weighted by Gasteiger charge is 2.67. The summed E-state index contributed by atoms with van der Waals surface area (Å²) in [5, 5.41) is 57.0. The lowest BCUT2D eigenvalue weighted by Crippen LogP contribution is -2.68. The zero-order chi connectivity index (χ0) is 28.8. The van der Waals surface area contributed by atoms with Crippen LogP contribution in [0.1, 0.15) is 41.3 Å². The van der Waals surface area contributed by atoms with Crippen LogP contribution in [-0.4, -0.2) is 93.8 Å². The van der Waals surface area contributed by atoms with Crippen LogP contribution in [-0.2, 0) is 9.59 Å². The van der Waals surface area contributed by atoms with E-state index >= 15 is 0 Å². The number of ketones is 2. The maximum Gasteiger partial charge on any atom is 0.255 e. The molecule has 0 bridgehead atoms. The van der Waals surface area contributed by atoms with E-state index in [-0.39, 0.29) is 11.3 Å². The molecule has 1 aromatic rings. The van der Waals surface area contributed by atoms with Gasteiger partial charge >= 0.3 is 0 Å². The zero-order valence-electron chi connectivity index (χ0n) is 22.1. The van der Waals surface area contributed by atoms with Crippen LogP contribution < -0.4 is 10.6 Å². The number of primary amides is 1. The number of aliphatic hydroxyl groups excluding tert-OH is 3. The van der Waals surface area contributed by atoms with Crippen molar-refractivity contribution in [1.29, 1.82) is 0 Å². The number of amides is 1. The third-order valence-corrected chi connectivity index (χ3v) is 8.15. The Morgan fingerprint density at radius 1 is 1.13 bits per heavy atom. The predicted octanol–water partition coefficient (Wildman–Crippen LogP) is 0.752. The van der Waals surface area contributed by atoms with Crippen molar-refractivity contribution in [1.82, 2.24) is 4.90 Å². The second-order valence-electron chi connectivity index (χ2n) is 10.8. The van der Waals surface area contributed by atoms with Crippen molar-refractivity contribution in [3.05, 3.63) is 52.0 Å². The molecule has 0 radical (unpaired) electrons. The molecule has 0 spiro atoms. The van der Waals surface area contributed by atoms with Gasteiger partial charge < -0.3 is 36.2 Å². The normalized spacial score (nSPS) is 30.7. The van der Waals surface area contributed by atoms with Crippen molar-refractivity contribution >= 4 is 28.7 Å². The molecule has 4 rings (SSSR count). The van der Waals surface area contributed by atoms with Gasteiger partial charge in [0.05, 0.1) is 23.6 Å². The van der Waals surface area contributed by atoms with Crippen molar-refractivity contribution in [2.24, 2.45) is 17.6 Å². The fraction of sp³-hybridized carbons (Fsp3) is 0.444. The van der Waals surface area contributed by atoms with Crippen LogP contribution in [0.4, 0.5) is 5.69 Å². The van der Waals surface area contributed by atoms with Gasteiger partial charge in [0.2, 0.25) is 5.78 Å². The summed E-state index contributed by atoms with van der Waals surface area (Å²) < 4.78 is 0. The molecule has 0 aromatic heterocycles. The highest BCUT2D eigenvalue weighted by molar-refractivity contribution is 6.25. The minimum Gasteiger partial charge on any atom is -0.510 e. The first-order valence-electron chi connectivity index (χ1n) is 12.1. The quantitative estimate of drug-likeness (QED) is 0.305. The molecule has 6 atom stereocenters. The van der Waals surface area contributed by atoms with E-state index in [0.29, 0.717) is 22.4 Å². The Kier molecular flexibility index (Phi) is 6.26. The number of aromatic hydroxyl groups is 1. The van der Waals surface area contributed by atoms with Gasteiger partial charge in [-0.2, -0.15) is 0 Å². The van der Waals surface area contributed by atoms with E-state index in [1.54, 1.807) is 38.9 Å². The van der Waals surface area contributed by atoms with Crippen LogP contribution in [0.5, 0.6) is 5.75 Å². The van der Waals surface area contributed by atoms with Gasteiger partial charge in [0.1, 0.15) is 22.8 Å². The van der Waals surface area contributed by atoms with Gasteiger partial charge in [0.25, 0.3) is 5.91 Å². The van der Waals surface area contributed by atoms with E-state index in [1.165, 1.54) is 19.0 Å². The number of aliphatic hydroxyl groups is 4. The predicted molar refractivity (Wildman–Crippen MR) is 139 cm³/mol. The molecule has 0 saturated heterocycles. The number of rotatable bonds is 4. The number of carbonyl (C=O) groups is 3. The standard InChI is InChI=1S/C27H33N3O8/c1-9(2)11-8-12(29(4)5)13-10(3)14-16(21(32)15(13)20(11)31)24(35)27(38)18(22(14)33)19(30(6)7)23(34)17(25(27)36)26(28)37/h8,10,14,18-19,22,31,33-35,38H,1H2,2-7H3,(H2,28,37)/t10-,14+,18+,19-,22-,27-/m0/s1. The van der Waals surface area contributed by atoms with Crippen LogP contribution >= 0.6 is 0 Å². The summed E-state index contributed by atoms with van der Waals surface area (Å²) in [7, 11) is 6.48. The van der Waals surface area contributed by atoms with E-state index in [0.717, 1.165) is 0 Å². The molecule has 0 fully saturated rings. The van der Waals surface area contributed by atoms with E-state index < -0.39 is 75.6 Å². The first-order valence-corrected chi connectivity index (χ1v) is 12.1. The van der Waals surface area contributed by atoms with Gasteiger partial charge in [0.15, 0.2) is 11.4 Å². The largest absolute Gasteiger partial charge is 0.510 e. The summed E-state index contributed by atoms with van der Waals surface area (Å²) in [5.74, 6) is -9.22. The lowest BCUT2D eigenvalue weighted by Gasteiger charge is -2.53. The third kappa shape index (κ3) is 3.28. The maximum absolute atomic E-state index is 14.0. The summed E-state index contributed by atoms with van der Waals surface area (Å²) in [6.07, 6.45) is -1.65. The highest BCUT2D eigenvalue weighted by atomic mass is 16.4. The minimum absolute atomic E-state index is 0.144. The molecule has 0 unspecified atom stereocenters. The van der Waals surface area contributed by atoms with Crippen molar-refractivity contribution in [3.8, 4) is 5.75 Å². The fourth-order valence-corrected chi connectivity index (χ4v) is 6.44. The second-order valence-corrected chi connectivity index (χ2v) is 10.8.